The average Bonchev–Trinajstić information content (AvgIpc) is 2.41. The molecule has 0 spiro atoms. The summed E-state index contributed by atoms with van der Waals surface area (Å²) < 4.78 is 0. The molecule has 0 saturated heterocycles. The molecule has 4 nitrogen and oxygen atoms in total. The molecule has 1 aromatic rings. The zero-order valence-electron chi connectivity index (χ0n) is 9.38. The van der Waals surface area contributed by atoms with Gasteiger partial charge in [-0.15, -0.1) is 0 Å². The van der Waals surface area contributed by atoms with Crippen molar-refractivity contribution >= 4 is 5.95 Å². The number of hydrogen-bond acceptors (Lipinski definition) is 4. The van der Waals surface area contributed by atoms with Gasteiger partial charge in [-0.25, -0.2) is 9.97 Å². The van der Waals surface area contributed by atoms with Crippen molar-refractivity contribution in [2.45, 2.75) is 32.7 Å². The molecule has 0 aliphatic carbocycles. The maximum absolute atomic E-state index is 4.55. The van der Waals surface area contributed by atoms with Crippen LogP contribution in [0.3, 0.4) is 0 Å². The molecule has 0 aromatic carbocycles. The molecule has 0 radical (unpaired) electrons. The van der Waals surface area contributed by atoms with E-state index in [2.05, 4.69) is 34.4 Å². The Labute approximate surface area is 90.5 Å². The quantitative estimate of drug-likeness (QED) is 0.757. The summed E-state index contributed by atoms with van der Waals surface area (Å²) in [6.45, 7) is 6.24. The molecule has 1 aliphatic heterocycles. The Balaban J connectivity index is 2.20. The van der Waals surface area contributed by atoms with Crippen LogP contribution in [-0.2, 0) is 12.8 Å². The van der Waals surface area contributed by atoms with E-state index in [1.54, 1.807) is 0 Å². The van der Waals surface area contributed by atoms with Crippen LogP contribution in [0, 0.1) is 0 Å². The number of nitrogens with one attached hydrogen (secondary N) is 2. The Bertz CT molecular complexity index is 335. The molecule has 2 rings (SSSR count). The molecule has 1 aromatic heterocycles. The van der Waals surface area contributed by atoms with Crippen LogP contribution < -0.4 is 10.6 Å². The minimum absolute atomic E-state index is 0.381. The maximum Gasteiger partial charge on any atom is 0.223 e. The van der Waals surface area contributed by atoms with Crippen LogP contribution in [-0.4, -0.2) is 29.1 Å². The molecule has 2 N–H and O–H groups in total. The van der Waals surface area contributed by atoms with E-state index < -0.39 is 0 Å². The zero-order valence-corrected chi connectivity index (χ0v) is 9.38. The molecule has 0 fully saturated rings. The van der Waals surface area contributed by atoms with E-state index in [4.69, 9.17) is 0 Å². The number of nitrogens with zero attached hydrogens (tertiary/aromatic N) is 2. The summed E-state index contributed by atoms with van der Waals surface area (Å²) in [6, 6.07) is 0.381. The number of rotatable bonds is 2. The molecule has 0 amide bonds. The van der Waals surface area contributed by atoms with Gasteiger partial charge in [-0.3, -0.25) is 0 Å². The lowest BCUT2D eigenvalue weighted by atomic mass is 10.1. The largest absolute Gasteiger partial charge is 0.352 e. The predicted octanol–water partition coefficient (Wildman–Crippen LogP) is 0.985. The van der Waals surface area contributed by atoms with Crippen LogP contribution in [0.25, 0.3) is 0 Å². The van der Waals surface area contributed by atoms with E-state index in [1.807, 2.05) is 6.20 Å². The molecule has 1 aliphatic rings. The van der Waals surface area contributed by atoms with E-state index in [1.165, 1.54) is 11.3 Å². The lowest BCUT2D eigenvalue weighted by Gasteiger charge is -2.10. The molecule has 15 heavy (non-hydrogen) atoms. The first-order valence-electron chi connectivity index (χ1n) is 5.58. The highest BCUT2D eigenvalue weighted by atomic mass is 15.1. The SMILES string of the molecule is CC(C)Nc1ncc2c(n1)CCNCC2. The summed E-state index contributed by atoms with van der Waals surface area (Å²) in [5.41, 5.74) is 2.48. The zero-order chi connectivity index (χ0) is 10.7. The highest BCUT2D eigenvalue weighted by molar-refractivity contribution is 5.31. The fourth-order valence-corrected chi connectivity index (χ4v) is 1.75. The molecule has 2 heterocycles. The Morgan fingerprint density at radius 3 is 2.93 bits per heavy atom. The van der Waals surface area contributed by atoms with Crippen molar-refractivity contribution in [1.29, 1.82) is 0 Å². The third-order valence-electron chi connectivity index (χ3n) is 2.48. The molecular weight excluding hydrogens is 188 g/mol. The van der Waals surface area contributed by atoms with E-state index in [0.29, 0.717) is 6.04 Å². The molecule has 0 atom stereocenters. The minimum atomic E-state index is 0.381. The van der Waals surface area contributed by atoms with Crippen LogP contribution in [0.5, 0.6) is 0 Å². The first-order valence-corrected chi connectivity index (χ1v) is 5.58. The number of hydrogen-bond donors (Lipinski definition) is 2. The average molecular weight is 206 g/mol. The third-order valence-corrected chi connectivity index (χ3v) is 2.48. The van der Waals surface area contributed by atoms with Crippen LogP contribution in [0.15, 0.2) is 6.20 Å². The van der Waals surface area contributed by atoms with E-state index in [0.717, 1.165) is 31.9 Å². The highest BCUT2D eigenvalue weighted by Gasteiger charge is 2.10. The van der Waals surface area contributed by atoms with Gasteiger partial charge in [-0.2, -0.15) is 0 Å². The molecule has 0 saturated carbocycles. The van der Waals surface area contributed by atoms with Crippen molar-refractivity contribution in [1.82, 2.24) is 15.3 Å². The first-order chi connectivity index (χ1) is 7.25. The second-order valence-electron chi connectivity index (χ2n) is 4.21. The number of anilines is 1. The normalized spacial score (nSPS) is 15.9. The van der Waals surface area contributed by atoms with Crippen molar-refractivity contribution in [3.63, 3.8) is 0 Å². The minimum Gasteiger partial charge on any atom is -0.352 e. The lowest BCUT2D eigenvalue weighted by molar-refractivity contribution is 0.708. The van der Waals surface area contributed by atoms with E-state index >= 15 is 0 Å². The summed E-state index contributed by atoms with van der Waals surface area (Å²) in [6.07, 6.45) is 4.00. The third kappa shape index (κ3) is 2.65. The summed E-state index contributed by atoms with van der Waals surface area (Å²) in [5.74, 6) is 0.755. The predicted molar refractivity (Wildman–Crippen MR) is 61.1 cm³/mol. The van der Waals surface area contributed by atoms with Crippen molar-refractivity contribution in [2.24, 2.45) is 0 Å². The van der Waals surface area contributed by atoms with Gasteiger partial charge in [-0.05, 0) is 32.4 Å². The standard InChI is InChI=1S/C11H18N4/c1-8(2)14-11-13-7-9-3-5-12-6-4-10(9)15-11/h7-8,12H,3-6H2,1-2H3,(H,13,14,15). The smallest absolute Gasteiger partial charge is 0.223 e. The van der Waals surface area contributed by atoms with E-state index in [9.17, 15) is 0 Å². The Morgan fingerprint density at radius 2 is 2.13 bits per heavy atom. The van der Waals surface area contributed by atoms with Gasteiger partial charge in [0.25, 0.3) is 0 Å². The van der Waals surface area contributed by atoms with Crippen molar-refractivity contribution < 1.29 is 0 Å². The second-order valence-corrected chi connectivity index (χ2v) is 4.21. The van der Waals surface area contributed by atoms with Gasteiger partial charge >= 0.3 is 0 Å². The highest BCUT2D eigenvalue weighted by Crippen LogP contribution is 2.11. The van der Waals surface area contributed by atoms with Crippen molar-refractivity contribution in [3.8, 4) is 0 Å². The van der Waals surface area contributed by atoms with Crippen LogP contribution in [0.1, 0.15) is 25.1 Å². The van der Waals surface area contributed by atoms with Crippen molar-refractivity contribution in [2.75, 3.05) is 18.4 Å². The first kappa shape index (κ1) is 10.4. The van der Waals surface area contributed by atoms with Crippen LogP contribution in [0.4, 0.5) is 5.95 Å². The molecule has 0 bridgehead atoms. The topological polar surface area (TPSA) is 49.8 Å². The molecule has 82 valence electrons. The van der Waals surface area contributed by atoms with Crippen LogP contribution in [0.2, 0.25) is 0 Å². The van der Waals surface area contributed by atoms with E-state index in [-0.39, 0.29) is 0 Å². The Morgan fingerprint density at radius 1 is 1.33 bits per heavy atom. The Hall–Kier alpha value is -1.16. The van der Waals surface area contributed by atoms with Crippen LogP contribution >= 0.6 is 0 Å². The van der Waals surface area contributed by atoms with Gasteiger partial charge < -0.3 is 10.6 Å². The van der Waals surface area contributed by atoms with Gasteiger partial charge in [0.15, 0.2) is 0 Å². The van der Waals surface area contributed by atoms with Gasteiger partial charge in [0, 0.05) is 25.2 Å². The van der Waals surface area contributed by atoms with Gasteiger partial charge in [0.1, 0.15) is 0 Å². The summed E-state index contributed by atoms with van der Waals surface area (Å²) in [7, 11) is 0. The summed E-state index contributed by atoms with van der Waals surface area (Å²) in [4.78, 5) is 8.88. The molecular formula is C11H18N4. The maximum atomic E-state index is 4.55. The molecule has 4 heteroatoms. The van der Waals surface area contributed by atoms with Gasteiger partial charge in [-0.1, -0.05) is 0 Å². The van der Waals surface area contributed by atoms with Gasteiger partial charge in [0.05, 0.1) is 5.69 Å². The summed E-state index contributed by atoms with van der Waals surface area (Å²) in [5, 5.41) is 6.60. The monoisotopic (exact) mass is 206 g/mol. The Kier molecular flexibility index (Phi) is 3.16. The fraction of sp³-hybridized carbons (Fsp3) is 0.636. The van der Waals surface area contributed by atoms with Crippen molar-refractivity contribution in [3.05, 3.63) is 17.5 Å². The molecule has 0 unspecified atom stereocenters. The van der Waals surface area contributed by atoms with Gasteiger partial charge in [0.2, 0.25) is 5.95 Å². The number of fused-ring (bicyclic) bond motifs is 1. The number of aromatic nitrogens is 2. The summed E-state index contributed by atoms with van der Waals surface area (Å²) >= 11 is 0. The second kappa shape index (κ2) is 4.57. The fourth-order valence-electron chi connectivity index (χ4n) is 1.75. The lowest BCUT2D eigenvalue weighted by Crippen LogP contribution is -2.16.